The van der Waals surface area contributed by atoms with Crippen molar-refractivity contribution in [1.82, 2.24) is 0 Å². The Kier molecular flexibility index (Phi) is 21.4. The molecule has 0 aliphatic rings. The maximum Gasteiger partial charge on any atom is 0.333 e. The van der Waals surface area contributed by atoms with Gasteiger partial charge in [-0.2, -0.15) is 0 Å². The van der Waals surface area contributed by atoms with E-state index >= 15 is 0 Å². The minimum Gasteiger partial charge on any atom is -0.462 e. The van der Waals surface area contributed by atoms with Crippen LogP contribution >= 0.6 is 0 Å². The van der Waals surface area contributed by atoms with Crippen molar-refractivity contribution in [3.05, 3.63) is 12.2 Å². The highest BCUT2D eigenvalue weighted by atomic mass is 16.6. The maximum absolute atomic E-state index is 11.6. The Morgan fingerprint density at radius 2 is 0.967 bits per heavy atom. The van der Waals surface area contributed by atoms with Crippen molar-refractivity contribution in [3.8, 4) is 0 Å². The van der Waals surface area contributed by atoms with Crippen molar-refractivity contribution in [2.24, 2.45) is 0 Å². The third-order valence-electron chi connectivity index (χ3n) is 5.41. The van der Waals surface area contributed by atoms with Gasteiger partial charge in [0.25, 0.3) is 0 Å². The van der Waals surface area contributed by atoms with E-state index in [1.54, 1.807) is 6.92 Å². The summed E-state index contributed by atoms with van der Waals surface area (Å²) in [6, 6.07) is 0. The Bertz CT molecular complexity index is 431. The molecule has 4 nitrogen and oxygen atoms in total. The third-order valence-corrected chi connectivity index (χ3v) is 5.41. The molecule has 0 aliphatic heterocycles. The minimum absolute atomic E-state index is 0.0937. The van der Waals surface area contributed by atoms with Crippen molar-refractivity contribution in [3.63, 3.8) is 0 Å². The van der Waals surface area contributed by atoms with Gasteiger partial charge in [-0.05, 0) is 13.3 Å². The number of rotatable bonds is 22. The second-order valence-corrected chi connectivity index (χ2v) is 8.54. The molecule has 0 spiro atoms. The molecule has 0 aliphatic carbocycles. The summed E-state index contributed by atoms with van der Waals surface area (Å²) in [7, 11) is 0. The van der Waals surface area contributed by atoms with Crippen LogP contribution in [0.2, 0.25) is 0 Å². The Balaban J connectivity index is 3.19. The van der Waals surface area contributed by atoms with Gasteiger partial charge in [-0.25, -0.2) is 4.79 Å². The highest BCUT2D eigenvalue weighted by molar-refractivity contribution is 5.86. The summed E-state index contributed by atoms with van der Waals surface area (Å²) in [6.07, 6.45) is 23.0. The predicted octanol–water partition coefficient (Wildman–Crippen LogP) is 7.69. The summed E-state index contributed by atoms with van der Waals surface area (Å²) in [5.41, 5.74) is 0.352. The molecule has 30 heavy (non-hydrogen) atoms. The Labute approximate surface area is 186 Å². The fourth-order valence-corrected chi connectivity index (χ4v) is 3.48. The number of unbranched alkanes of at least 4 members (excludes halogenated alkanes) is 16. The SMILES string of the molecule is C=C(C)C(=O)OCCOC(=O)CCCCCCCCCCCCCCCCCCC. The molecular formula is C26H48O4. The molecule has 0 aromatic rings. The molecule has 0 saturated carbocycles. The third kappa shape index (κ3) is 21.4. The van der Waals surface area contributed by atoms with Gasteiger partial charge in [0, 0.05) is 12.0 Å². The molecule has 0 bridgehead atoms. The van der Waals surface area contributed by atoms with Gasteiger partial charge in [-0.1, -0.05) is 116 Å². The van der Waals surface area contributed by atoms with E-state index in [-0.39, 0.29) is 19.2 Å². The second kappa shape index (κ2) is 22.4. The standard InChI is InChI=1S/C26H48O4/c1-4-5-6-7-8-9-10-11-12-13-14-15-16-17-18-19-20-21-25(27)29-22-23-30-26(28)24(2)3/h2,4-23H2,1,3H3. The number of hydrogen-bond acceptors (Lipinski definition) is 4. The van der Waals surface area contributed by atoms with Crippen molar-refractivity contribution in [2.45, 2.75) is 129 Å². The van der Waals surface area contributed by atoms with Gasteiger partial charge in [0.05, 0.1) is 0 Å². The van der Waals surface area contributed by atoms with Crippen LogP contribution in [0.4, 0.5) is 0 Å². The molecule has 0 radical (unpaired) electrons. The number of esters is 2. The predicted molar refractivity (Wildman–Crippen MR) is 126 cm³/mol. The van der Waals surface area contributed by atoms with Gasteiger partial charge in [0.2, 0.25) is 0 Å². The Morgan fingerprint density at radius 1 is 0.600 bits per heavy atom. The molecule has 176 valence electrons. The van der Waals surface area contributed by atoms with E-state index < -0.39 is 5.97 Å². The lowest BCUT2D eigenvalue weighted by Crippen LogP contribution is -2.14. The topological polar surface area (TPSA) is 52.6 Å². The summed E-state index contributed by atoms with van der Waals surface area (Å²) in [5, 5.41) is 0. The van der Waals surface area contributed by atoms with Crippen LogP contribution in [-0.4, -0.2) is 25.2 Å². The van der Waals surface area contributed by atoms with Crippen LogP contribution in [0, 0.1) is 0 Å². The first-order valence-corrected chi connectivity index (χ1v) is 12.6. The van der Waals surface area contributed by atoms with Crippen LogP contribution in [0.5, 0.6) is 0 Å². The number of hydrogen-bond donors (Lipinski definition) is 0. The van der Waals surface area contributed by atoms with Gasteiger partial charge in [-0.15, -0.1) is 0 Å². The van der Waals surface area contributed by atoms with Crippen LogP contribution in [0.3, 0.4) is 0 Å². The fraction of sp³-hybridized carbons (Fsp3) is 0.846. The quantitative estimate of drug-likeness (QED) is 0.101. The van der Waals surface area contributed by atoms with Crippen LogP contribution in [-0.2, 0) is 19.1 Å². The van der Waals surface area contributed by atoms with Gasteiger partial charge in [-0.3, -0.25) is 4.79 Å². The molecule has 0 unspecified atom stereocenters. The molecule has 0 aromatic carbocycles. The van der Waals surface area contributed by atoms with Gasteiger partial charge < -0.3 is 9.47 Å². The van der Waals surface area contributed by atoms with Crippen LogP contribution in [0.25, 0.3) is 0 Å². The second-order valence-electron chi connectivity index (χ2n) is 8.54. The van der Waals surface area contributed by atoms with E-state index in [1.807, 2.05) is 0 Å². The summed E-state index contributed by atoms with van der Waals surface area (Å²) in [5.74, 6) is -0.651. The number of ether oxygens (including phenoxy) is 2. The molecule has 0 atom stereocenters. The summed E-state index contributed by atoms with van der Waals surface area (Å²) >= 11 is 0. The lowest BCUT2D eigenvalue weighted by atomic mass is 10.0. The first-order valence-electron chi connectivity index (χ1n) is 12.6. The van der Waals surface area contributed by atoms with E-state index in [1.165, 1.54) is 96.3 Å². The normalized spacial score (nSPS) is 10.7. The average molecular weight is 425 g/mol. The summed E-state index contributed by atoms with van der Waals surface area (Å²) < 4.78 is 9.93. The van der Waals surface area contributed by atoms with E-state index in [0.29, 0.717) is 12.0 Å². The summed E-state index contributed by atoms with van der Waals surface area (Å²) in [4.78, 5) is 22.8. The van der Waals surface area contributed by atoms with Crippen LogP contribution in [0.15, 0.2) is 12.2 Å². The average Bonchev–Trinajstić information content (AvgIpc) is 2.73. The highest BCUT2D eigenvalue weighted by Crippen LogP contribution is 2.14. The van der Waals surface area contributed by atoms with E-state index in [4.69, 9.17) is 9.47 Å². The zero-order chi connectivity index (χ0) is 22.3. The maximum atomic E-state index is 11.6. The fourth-order valence-electron chi connectivity index (χ4n) is 3.48. The largest absolute Gasteiger partial charge is 0.462 e. The Hall–Kier alpha value is -1.32. The smallest absolute Gasteiger partial charge is 0.333 e. The van der Waals surface area contributed by atoms with Crippen molar-refractivity contribution < 1.29 is 19.1 Å². The molecule has 0 N–H and O–H groups in total. The van der Waals surface area contributed by atoms with Crippen molar-refractivity contribution in [2.75, 3.05) is 13.2 Å². The van der Waals surface area contributed by atoms with Gasteiger partial charge in [0.15, 0.2) is 0 Å². The zero-order valence-corrected chi connectivity index (χ0v) is 20.0. The number of carbonyl (C=O) groups excluding carboxylic acids is 2. The molecule has 0 fully saturated rings. The molecule has 0 saturated heterocycles. The van der Waals surface area contributed by atoms with E-state index in [2.05, 4.69) is 13.5 Å². The van der Waals surface area contributed by atoms with Crippen LogP contribution < -0.4 is 0 Å². The minimum atomic E-state index is -0.445. The molecule has 0 heterocycles. The first kappa shape index (κ1) is 28.7. The Morgan fingerprint density at radius 3 is 1.37 bits per heavy atom. The molecule has 4 heteroatoms. The van der Waals surface area contributed by atoms with E-state index in [9.17, 15) is 9.59 Å². The highest BCUT2D eigenvalue weighted by Gasteiger charge is 2.05. The lowest BCUT2D eigenvalue weighted by molar-refractivity contribution is -0.150. The molecule has 0 aromatic heterocycles. The summed E-state index contributed by atoms with van der Waals surface area (Å²) in [6.45, 7) is 7.58. The van der Waals surface area contributed by atoms with Gasteiger partial charge >= 0.3 is 11.9 Å². The van der Waals surface area contributed by atoms with Crippen molar-refractivity contribution in [1.29, 1.82) is 0 Å². The van der Waals surface area contributed by atoms with Crippen molar-refractivity contribution >= 4 is 11.9 Å². The molecular weight excluding hydrogens is 376 g/mol. The van der Waals surface area contributed by atoms with E-state index in [0.717, 1.165) is 12.8 Å². The zero-order valence-electron chi connectivity index (χ0n) is 20.0. The first-order chi connectivity index (χ1) is 14.6. The molecule has 0 rings (SSSR count). The van der Waals surface area contributed by atoms with Crippen LogP contribution in [0.1, 0.15) is 129 Å². The monoisotopic (exact) mass is 424 g/mol. The van der Waals surface area contributed by atoms with Gasteiger partial charge in [0.1, 0.15) is 13.2 Å². The lowest BCUT2D eigenvalue weighted by Gasteiger charge is -2.06. The number of carbonyl (C=O) groups is 2. The molecule has 0 amide bonds.